The predicted molar refractivity (Wildman–Crippen MR) is 147 cm³/mol. The summed E-state index contributed by atoms with van der Waals surface area (Å²) in [5.41, 5.74) is 5.06. The minimum absolute atomic E-state index is 1.25. The first-order chi connectivity index (χ1) is 16.8. The highest BCUT2D eigenvalue weighted by molar-refractivity contribution is 6.10. The molecule has 0 aromatic heterocycles. The van der Waals surface area contributed by atoms with Crippen molar-refractivity contribution in [3.05, 3.63) is 133 Å². The van der Waals surface area contributed by atoms with E-state index in [1.807, 2.05) is 0 Å². The number of rotatable bonds is 2. The summed E-state index contributed by atoms with van der Waals surface area (Å²) in [5, 5.41) is 10.2. The molecular formula is C34H22. The largest absolute Gasteiger partial charge is 0.0616 e. The van der Waals surface area contributed by atoms with Crippen LogP contribution < -0.4 is 0 Å². The average Bonchev–Trinajstić information content (AvgIpc) is 2.90. The Morgan fingerprint density at radius 1 is 0.294 bits per heavy atom. The fourth-order valence-electron chi connectivity index (χ4n) is 5.27. The highest BCUT2D eigenvalue weighted by Gasteiger charge is 2.14. The summed E-state index contributed by atoms with van der Waals surface area (Å²) >= 11 is 0. The summed E-state index contributed by atoms with van der Waals surface area (Å²) in [6.45, 7) is 0. The van der Waals surface area contributed by atoms with Crippen LogP contribution in [0, 0.1) is 0 Å². The molecule has 0 aliphatic carbocycles. The molecule has 0 radical (unpaired) electrons. The van der Waals surface area contributed by atoms with Gasteiger partial charge in [-0.1, -0.05) is 109 Å². The maximum absolute atomic E-state index is 2.36. The predicted octanol–water partition coefficient (Wildman–Crippen LogP) is 9.63. The normalized spacial score (nSPS) is 11.5. The van der Waals surface area contributed by atoms with Gasteiger partial charge in [-0.3, -0.25) is 0 Å². The van der Waals surface area contributed by atoms with E-state index in [1.165, 1.54) is 65.3 Å². The van der Waals surface area contributed by atoms with Crippen LogP contribution in [0.2, 0.25) is 0 Å². The molecule has 158 valence electrons. The molecule has 0 saturated heterocycles. The Hall–Kier alpha value is -4.42. The van der Waals surface area contributed by atoms with E-state index >= 15 is 0 Å². The second-order valence-electron chi connectivity index (χ2n) is 9.03. The molecule has 7 aromatic carbocycles. The minimum atomic E-state index is 1.25. The van der Waals surface area contributed by atoms with Gasteiger partial charge in [0.1, 0.15) is 0 Å². The lowest BCUT2D eigenvalue weighted by atomic mass is 9.87. The zero-order valence-electron chi connectivity index (χ0n) is 18.7. The first-order valence-corrected chi connectivity index (χ1v) is 11.8. The maximum atomic E-state index is 2.36. The van der Waals surface area contributed by atoms with Crippen LogP contribution in [0.3, 0.4) is 0 Å². The molecular weight excluding hydrogens is 408 g/mol. The molecule has 0 aliphatic heterocycles. The molecule has 0 atom stereocenters. The molecule has 0 aliphatic rings. The molecule has 0 spiro atoms. The number of hydrogen-bond donors (Lipinski definition) is 0. The smallest absolute Gasteiger partial charge is 0.00264 e. The van der Waals surface area contributed by atoms with Crippen LogP contribution >= 0.6 is 0 Å². The fraction of sp³-hybridized carbons (Fsp3) is 0. The van der Waals surface area contributed by atoms with Crippen molar-refractivity contribution < 1.29 is 0 Å². The molecule has 0 nitrogen and oxygen atoms in total. The standard InChI is InChI=1S/C34H22/c1-3-9-25-19-29(15-13-23(25)7-1)32-18-17-30-20-27-11-5-6-12-28(27)22-33(30)34(32)31-16-14-24-8-2-4-10-26(24)21-31/h1-22H. The van der Waals surface area contributed by atoms with Gasteiger partial charge in [0, 0.05) is 0 Å². The van der Waals surface area contributed by atoms with E-state index in [4.69, 9.17) is 0 Å². The van der Waals surface area contributed by atoms with Crippen LogP contribution in [0.4, 0.5) is 0 Å². The number of benzene rings is 7. The molecule has 0 amide bonds. The van der Waals surface area contributed by atoms with E-state index in [0.29, 0.717) is 0 Å². The van der Waals surface area contributed by atoms with Crippen LogP contribution in [-0.4, -0.2) is 0 Å². The van der Waals surface area contributed by atoms with E-state index in [2.05, 4.69) is 133 Å². The van der Waals surface area contributed by atoms with Crippen LogP contribution in [0.5, 0.6) is 0 Å². The molecule has 0 saturated carbocycles. The van der Waals surface area contributed by atoms with Crippen molar-refractivity contribution in [2.75, 3.05) is 0 Å². The topological polar surface area (TPSA) is 0 Å². The Morgan fingerprint density at radius 3 is 1.41 bits per heavy atom. The summed E-state index contributed by atoms with van der Waals surface area (Å²) in [6.07, 6.45) is 0. The summed E-state index contributed by atoms with van der Waals surface area (Å²) in [5.74, 6) is 0. The highest BCUT2D eigenvalue weighted by Crippen LogP contribution is 2.41. The summed E-state index contributed by atoms with van der Waals surface area (Å²) in [7, 11) is 0. The van der Waals surface area contributed by atoms with E-state index < -0.39 is 0 Å². The van der Waals surface area contributed by atoms with E-state index in [0.717, 1.165) is 0 Å². The van der Waals surface area contributed by atoms with Crippen molar-refractivity contribution in [2.24, 2.45) is 0 Å². The van der Waals surface area contributed by atoms with Gasteiger partial charge in [0.15, 0.2) is 0 Å². The monoisotopic (exact) mass is 430 g/mol. The van der Waals surface area contributed by atoms with Gasteiger partial charge in [0.25, 0.3) is 0 Å². The third-order valence-corrected chi connectivity index (χ3v) is 6.98. The molecule has 0 heteroatoms. The van der Waals surface area contributed by atoms with Crippen LogP contribution in [0.1, 0.15) is 0 Å². The van der Waals surface area contributed by atoms with Gasteiger partial charge in [-0.15, -0.1) is 0 Å². The SMILES string of the molecule is c1ccc2cc(-c3ccc4cc5ccccc5cc4c3-c3ccc4ccccc4c3)ccc2c1. The van der Waals surface area contributed by atoms with Gasteiger partial charge in [0.05, 0.1) is 0 Å². The Balaban J connectivity index is 1.58. The Labute approximate surface area is 198 Å². The van der Waals surface area contributed by atoms with Crippen molar-refractivity contribution in [1.82, 2.24) is 0 Å². The molecule has 0 heterocycles. The van der Waals surface area contributed by atoms with E-state index in [-0.39, 0.29) is 0 Å². The Morgan fingerprint density at radius 2 is 0.765 bits per heavy atom. The Kier molecular flexibility index (Phi) is 4.25. The molecule has 34 heavy (non-hydrogen) atoms. The average molecular weight is 431 g/mol. The second-order valence-corrected chi connectivity index (χ2v) is 9.03. The zero-order valence-corrected chi connectivity index (χ0v) is 18.7. The Bertz CT molecular complexity index is 1860. The molecule has 0 bridgehead atoms. The van der Waals surface area contributed by atoms with Crippen LogP contribution in [0.15, 0.2) is 133 Å². The van der Waals surface area contributed by atoms with Crippen molar-refractivity contribution >= 4 is 43.1 Å². The first-order valence-electron chi connectivity index (χ1n) is 11.8. The minimum Gasteiger partial charge on any atom is -0.0616 e. The second kappa shape index (κ2) is 7.57. The molecule has 0 N–H and O–H groups in total. The third kappa shape index (κ3) is 3.08. The van der Waals surface area contributed by atoms with Crippen LogP contribution in [0.25, 0.3) is 65.3 Å². The van der Waals surface area contributed by atoms with Crippen molar-refractivity contribution in [3.63, 3.8) is 0 Å². The maximum Gasteiger partial charge on any atom is -0.00264 e. The quantitative estimate of drug-likeness (QED) is 0.239. The molecule has 7 rings (SSSR count). The third-order valence-electron chi connectivity index (χ3n) is 6.98. The summed E-state index contributed by atoms with van der Waals surface area (Å²) in [4.78, 5) is 0. The molecule has 0 fully saturated rings. The zero-order chi connectivity index (χ0) is 22.5. The van der Waals surface area contributed by atoms with Crippen LogP contribution in [-0.2, 0) is 0 Å². The highest BCUT2D eigenvalue weighted by atomic mass is 14.2. The lowest BCUT2D eigenvalue weighted by Gasteiger charge is -2.16. The lowest BCUT2D eigenvalue weighted by molar-refractivity contribution is 1.64. The van der Waals surface area contributed by atoms with Crippen molar-refractivity contribution in [3.8, 4) is 22.3 Å². The summed E-state index contributed by atoms with van der Waals surface area (Å²) < 4.78 is 0. The lowest BCUT2D eigenvalue weighted by Crippen LogP contribution is -1.89. The number of hydrogen-bond acceptors (Lipinski definition) is 0. The van der Waals surface area contributed by atoms with Gasteiger partial charge >= 0.3 is 0 Å². The van der Waals surface area contributed by atoms with Gasteiger partial charge in [0.2, 0.25) is 0 Å². The fourth-order valence-corrected chi connectivity index (χ4v) is 5.27. The summed E-state index contributed by atoms with van der Waals surface area (Å²) in [6, 6.07) is 48.8. The van der Waals surface area contributed by atoms with Gasteiger partial charge in [-0.05, 0) is 89.6 Å². The van der Waals surface area contributed by atoms with Gasteiger partial charge in [-0.2, -0.15) is 0 Å². The number of fused-ring (bicyclic) bond motifs is 4. The van der Waals surface area contributed by atoms with E-state index in [9.17, 15) is 0 Å². The van der Waals surface area contributed by atoms with Crippen molar-refractivity contribution in [2.45, 2.75) is 0 Å². The van der Waals surface area contributed by atoms with Crippen molar-refractivity contribution in [1.29, 1.82) is 0 Å². The van der Waals surface area contributed by atoms with E-state index in [1.54, 1.807) is 0 Å². The van der Waals surface area contributed by atoms with Gasteiger partial charge < -0.3 is 0 Å². The molecule has 0 unspecified atom stereocenters. The first kappa shape index (κ1) is 19.1. The van der Waals surface area contributed by atoms with Gasteiger partial charge in [-0.25, -0.2) is 0 Å². The molecule has 7 aromatic rings.